The second-order valence-electron chi connectivity index (χ2n) is 5.28. The average molecular weight is 331 g/mol. The molecule has 2 aromatic rings. The molecule has 1 unspecified atom stereocenters. The Bertz CT molecular complexity index is 597. The monoisotopic (exact) mass is 330 g/mol. The number of halogens is 1. The number of hydrogen-bond donors (Lipinski definition) is 1. The van der Waals surface area contributed by atoms with Gasteiger partial charge in [0.15, 0.2) is 0 Å². The molecule has 3 heteroatoms. The van der Waals surface area contributed by atoms with Crippen LogP contribution in [0, 0.1) is 0 Å². The van der Waals surface area contributed by atoms with E-state index in [1.165, 1.54) is 11.3 Å². The normalized spacial score (nSPS) is 17.1. The van der Waals surface area contributed by atoms with E-state index in [-0.39, 0.29) is 0 Å². The maximum absolute atomic E-state index is 3.57. The van der Waals surface area contributed by atoms with Gasteiger partial charge >= 0.3 is 0 Å². The zero-order valence-corrected chi connectivity index (χ0v) is 13.2. The SMILES string of the molecule is CC1Cc2ccccc2N1CCNc1ccccc1Br. The van der Waals surface area contributed by atoms with Gasteiger partial charge in [-0.15, -0.1) is 0 Å². The highest BCUT2D eigenvalue weighted by molar-refractivity contribution is 9.10. The molecule has 0 saturated carbocycles. The quantitative estimate of drug-likeness (QED) is 0.898. The summed E-state index contributed by atoms with van der Waals surface area (Å²) in [7, 11) is 0. The molecule has 0 aliphatic carbocycles. The first-order valence-electron chi connectivity index (χ1n) is 7.08. The van der Waals surface area contributed by atoms with Crippen LogP contribution >= 0.6 is 15.9 Å². The minimum atomic E-state index is 0.591. The van der Waals surface area contributed by atoms with Gasteiger partial charge in [0.05, 0.1) is 0 Å². The van der Waals surface area contributed by atoms with Crippen molar-refractivity contribution < 1.29 is 0 Å². The Morgan fingerprint density at radius 3 is 2.75 bits per heavy atom. The van der Waals surface area contributed by atoms with Gasteiger partial charge in [0.1, 0.15) is 0 Å². The van der Waals surface area contributed by atoms with Crippen LogP contribution in [0.3, 0.4) is 0 Å². The Morgan fingerprint density at radius 1 is 1.15 bits per heavy atom. The van der Waals surface area contributed by atoms with E-state index in [1.54, 1.807) is 0 Å². The molecular formula is C17H19BrN2. The van der Waals surface area contributed by atoms with Crippen LogP contribution in [0.25, 0.3) is 0 Å². The van der Waals surface area contributed by atoms with E-state index in [1.807, 2.05) is 6.07 Å². The van der Waals surface area contributed by atoms with E-state index in [0.717, 1.165) is 29.7 Å². The lowest BCUT2D eigenvalue weighted by Crippen LogP contribution is -2.33. The fourth-order valence-corrected chi connectivity index (χ4v) is 3.31. The molecule has 0 radical (unpaired) electrons. The minimum Gasteiger partial charge on any atom is -0.382 e. The second kappa shape index (κ2) is 5.88. The molecule has 0 aromatic heterocycles. The molecule has 0 spiro atoms. The van der Waals surface area contributed by atoms with Gasteiger partial charge in [0, 0.05) is 35.0 Å². The van der Waals surface area contributed by atoms with Gasteiger partial charge in [-0.05, 0) is 53.0 Å². The van der Waals surface area contributed by atoms with Crippen LogP contribution in [-0.2, 0) is 6.42 Å². The Kier molecular flexibility index (Phi) is 3.97. The van der Waals surface area contributed by atoms with Crippen molar-refractivity contribution in [1.29, 1.82) is 0 Å². The first-order chi connectivity index (χ1) is 9.75. The highest BCUT2D eigenvalue weighted by atomic mass is 79.9. The number of nitrogens with one attached hydrogen (secondary N) is 1. The van der Waals surface area contributed by atoms with Crippen LogP contribution in [0.5, 0.6) is 0 Å². The minimum absolute atomic E-state index is 0.591. The molecular weight excluding hydrogens is 312 g/mol. The molecule has 104 valence electrons. The Morgan fingerprint density at radius 2 is 1.90 bits per heavy atom. The van der Waals surface area contributed by atoms with Crippen LogP contribution in [0.1, 0.15) is 12.5 Å². The highest BCUT2D eigenvalue weighted by Gasteiger charge is 2.24. The lowest BCUT2D eigenvalue weighted by Gasteiger charge is -2.25. The van der Waals surface area contributed by atoms with E-state index >= 15 is 0 Å². The van der Waals surface area contributed by atoms with Crippen molar-refractivity contribution in [2.75, 3.05) is 23.3 Å². The molecule has 2 aromatic carbocycles. The Balaban J connectivity index is 1.63. The fraction of sp³-hybridized carbons (Fsp3) is 0.294. The third kappa shape index (κ3) is 2.68. The van der Waals surface area contributed by atoms with Crippen molar-refractivity contribution in [2.24, 2.45) is 0 Å². The molecule has 2 nitrogen and oxygen atoms in total. The molecule has 0 bridgehead atoms. The summed E-state index contributed by atoms with van der Waals surface area (Å²) in [6, 6.07) is 17.6. The highest BCUT2D eigenvalue weighted by Crippen LogP contribution is 2.31. The van der Waals surface area contributed by atoms with Crippen molar-refractivity contribution in [1.82, 2.24) is 0 Å². The predicted octanol–water partition coefficient (Wildman–Crippen LogP) is 4.31. The summed E-state index contributed by atoms with van der Waals surface area (Å²) in [5.74, 6) is 0. The van der Waals surface area contributed by atoms with Crippen molar-refractivity contribution in [2.45, 2.75) is 19.4 Å². The number of fused-ring (bicyclic) bond motifs is 1. The summed E-state index contributed by atoms with van der Waals surface area (Å²) in [5.41, 5.74) is 4.03. The van der Waals surface area contributed by atoms with E-state index in [4.69, 9.17) is 0 Å². The van der Waals surface area contributed by atoms with Gasteiger partial charge in [-0.2, -0.15) is 0 Å². The summed E-state index contributed by atoms with van der Waals surface area (Å²) in [6.07, 6.45) is 1.16. The van der Waals surface area contributed by atoms with Gasteiger partial charge in [-0.1, -0.05) is 30.3 Å². The molecule has 20 heavy (non-hydrogen) atoms. The number of nitrogens with zero attached hydrogens (tertiary/aromatic N) is 1. The van der Waals surface area contributed by atoms with Crippen LogP contribution in [0.15, 0.2) is 53.0 Å². The van der Waals surface area contributed by atoms with Gasteiger partial charge < -0.3 is 10.2 Å². The van der Waals surface area contributed by atoms with Crippen LogP contribution in [0.2, 0.25) is 0 Å². The fourth-order valence-electron chi connectivity index (χ4n) is 2.89. The Labute approximate surface area is 128 Å². The van der Waals surface area contributed by atoms with E-state index in [2.05, 4.69) is 75.5 Å². The summed E-state index contributed by atoms with van der Waals surface area (Å²) in [5, 5.41) is 3.50. The van der Waals surface area contributed by atoms with Gasteiger partial charge in [0.2, 0.25) is 0 Å². The summed E-state index contributed by atoms with van der Waals surface area (Å²) < 4.78 is 1.12. The van der Waals surface area contributed by atoms with Crippen LogP contribution in [-0.4, -0.2) is 19.1 Å². The summed E-state index contributed by atoms with van der Waals surface area (Å²) >= 11 is 3.57. The molecule has 3 rings (SSSR count). The molecule has 1 atom stereocenters. The van der Waals surface area contributed by atoms with E-state index in [9.17, 15) is 0 Å². The number of anilines is 2. The van der Waals surface area contributed by atoms with Gasteiger partial charge in [0.25, 0.3) is 0 Å². The number of hydrogen-bond acceptors (Lipinski definition) is 2. The molecule has 1 aliphatic rings. The Hall–Kier alpha value is -1.48. The average Bonchev–Trinajstić information content (AvgIpc) is 2.77. The van der Waals surface area contributed by atoms with E-state index in [0.29, 0.717) is 6.04 Å². The van der Waals surface area contributed by atoms with Crippen molar-refractivity contribution in [3.05, 3.63) is 58.6 Å². The third-order valence-electron chi connectivity index (χ3n) is 3.89. The lowest BCUT2D eigenvalue weighted by molar-refractivity contribution is 0.680. The standard InChI is InChI=1S/C17H19BrN2/c1-13-12-14-6-2-5-9-17(14)20(13)11-10-19-16-8-4-3-7-15(16)18/h2-9,13,19H,10-12H2,1H3. The van der Waals surface area contributed by atoms with Crippen molar-refractivity contribution in [3.8, 4) is 0 Å². The number of para-hydroxylation sites is 2. The zero-order valence-electron chi connectivity index (χ0n) is 11.6. The predicted molar refractivity (Wildman–Crippen MR) is 89.6 cm³/mol. The van der Waals surface area contributed by atoms with Crippen molar-refractivity contribution >= 4 is 27.3 Å². The first kappa shape index (κ1) is 13.5. The van der Waals surface area contributed by atoms with Gasteiger partial charge in [-0.25, -0.2) is 0 Å². The largest absolute Gasteiger partial charge is 0.382 e. The smallest absolute Gasteiger partial charge is 0.0485 e. The van der Waals surface area contributed by atoms with E-state index < -0.39 is 0 Å². The molecule has 1 N–H and O–H groups in total. The topological polar surface area (TPSA) is 15.3 Å². The molecule has 0 fully saturated rings. The van der Waals surface area contributed by atoms with Crippen molar-refractivity contribution in [3.63, 3.8) is 0 Å². The second-order valence-corrected chi connectivity index (χ2v) is 6.14. The number of rotatable bonds is 4. The van der Waals surface area contributed by atoms with Crippen LogP contribution < -0.4 is 10.2 Å². The molecule has 0 saturated heterocycles. The first-order valence-corrected chi connectivity index (χ1v) is 7.88. The molecule has 1 aliphatic heterocycles. The lowest BCUT2D eigenvalue weighted by atomic mass is 10.1. The number of benzene rings is 2. The third-order valence-corrected chi connectivity index (χ3v) is 4.58. The maximum atomic E-state index is 3.57. The van der Waals surface area contributed by atoms with Crippen LogP contribution in [0.4, 0.5) is 11.4 Å². The molecule has 0 amide bonds. The summed E-state index contributed by atoms with van der Waals surface area (Å²) in [4.78, 5) is 2.50. The molecule has 1 heterocycles. The zero-order chi connectivity index (χ0) is 13.9. The summed E-state index contributed by atoms with van der Waals surface area (Å²) in [6.45, 7) is 4.28. The van der Waals surface area contributed by atoms with Gasteiger partial charge in [-0.3, -0.25) is 0 Å². The maximum Gasteiger partial charge on any atom is 0.0485 e.